The average Bonchev–Trinajstić information content (AvgIpc) is 2.98. The van der Waals surface area contributed by atoms with Crippen LogP contribution in [0, 0.1) is 5.41 Å². The fourth-order valence-corrected chi connectivity index (χ4v) is 3.49. The van der Waals surface area contributed by atoms with Crippen LogP contribution >= 0.6 is 46.4 Å². The molecule has 0 bridgehead atoms. The molecule has 1 amide bonds. The number of carbonyl (C=O) groups is 2. The number of hydrogen-bond donors (Lipinski definition) is 1. The first-order chi connectivity index (χ1) is 11.0. The van der Waals surface area contributed by atoms with E-state index in [4.69, 9.17) is 51.1 Å². The quantitative estimate of drug-likeness (QED) is 0.563. The zero-order chi connectivity index (χ0) is 18.3. The predicted octanol–water partition coefficient (Wildman–Crippen LogP) is 4.69. The van der Waals surface area contributed by atoms with E-state index in [1.807, 2.05) is 0 Å². The number of carbonyl (C=O) groups excluding carboxylic acids is 2. The Morgan fingerprint density at radius 2 is 1.83 bits per heavy atom. The topological polar surface area (TPSA) is 55.4 Å². The Hall–Kier alpha value is -0.680. The Labute approximate surface area is 160 Å². The van der Waals surface area contributed by atoms with Crippen molar-refractivity contribution in [3.63, 3.8) is 0 Å². The summed E-state index contributed by atoms with van der Waals surface area (Å²) >= 11 is 23.9. The van der Waals surface area contributed by atoms with Crippen LogP contribution in [-0.2, 0) is 14.3 Å². The fraction of sp³-hybridized carbons (Fsp3) is 0.500. The highest BCUT2D eigenvalue weighted by molar-refractivity contribution is 6.53. The molecule has 8 heteroatoms. The largest absolute Gasteiger partial charge is 0.452 e. The van der Waals surface area contributed by atoms with Crippen molar-refractivity contribution in [2.45, 2.75) is 43.7 Å². The number of amides is 1. The molecule has 1 aromatic carbocycles. The third kappa shape index (κ3) is 3.93. The fourth-order valence-electron chi connectivity index (χ4n) is 2.23. The van der Waals surface area contributed by atoms with E-state index in [9.17, 15) is 9.59 Å². The monoisotopic (exact) mass is 411 g/mol. The van der Waals surface area contributed by atoms with Gasteiger partial charge in [-0.25, -0.2) is 0 Å². The second-order valence-electron chi connectivity index (χ2n) is 6.16. The molecule has 2 rings (SSSR count). The predicted molar refractivity (Wildman–Crippen MR) is 95.7 cm³/mol. The van der Waals surface area contributed by atoms with E-state index in [0.717, 1.165) is 0 Å². The molecular formula is C16H17Cl4NO3. The lowest BCUT2D eigenvalue weighted by atomic mass is 10.1. The van der Waals surface area contributed by atoms with Crippen molar-refractivity contribution in [3.8, 4) is 0 Å². The Kier molecular flexibility index (Phi) is 5.65. The van der Waals surface area contributed by atoms with Crippen LogP contribution in [0.4, 0.5) is 0 Å². The van der Waals surface area contributed by atoms with Crippen molar-refractivity contribution in [3.05, 3.63) is 33.8 Å². The number of ether oxygens (including phenoxy) is 1. The maximum Gasteiger partial charge on any atom is 0.315 e. The number of hydrogen-bond acceptors (Lipinski definition) is 3. The van der Waals surface area contributed by atoms with Gasteiger partial charge in [-0.1, -0.05) is 29.3 Å². The summed E-state index contributed by atoms with van der Waals surface area (Å²) in [5.41, 5.74) is -0.266. The molecule has 3 atom stereocenters. The van der Waals surface area contributed by atoms with Crippen LogP contribution in [0.2, 0.25) is 10.0 Å². The molecule has 1 saturated carbocycles. The summed E-state index contributed by atoms with van der Waals surface area (Å²) in [5, 5.41) is 3.70. The first-order valence-corrected chi connectivity index (χ1v) is 8.83. The molecule has 24 heavy (non-hydrogen) atoms. The maximum absolute atomic E-state index is 12.2. The van der Waals surface area contributed by atoms with Crippen LogP contribution in [0.3, 0.4) is 0 Å². The molecule has 0 aliphatic heterocycles. The van der Waals surface area contributed by atoms with Crippen molar-refractivity contribution in [2.24, 2.45) is 5.41 Å². The molecule has 0 radical (unpaired) electrons. The summed E-state index contributed by atoms with van der Waals surface area (Å²) in [6, 6.07) is 4.63. The number of nitrogens with one attached hydrogen (secondary N) is 1. The molecule has 1 aliphatic carbocycles. The second-order valence-corrected chi connectivity index (χ2v) is 8.48. The van der Waals surface area contributed by atoms with E-state index in [0.29, 0.717) is 22.0 Å². The Bertz CT molecular complexity index is 679. The summed E-state index contributed by atoms with van der Waals surface area (Å²) in [5.74, 6) is -1.03. The Balaban J connectivity index is 1.95. The second kappa shape index (κ2) is 6.91. The lowest BCUT2D eigenvalue weighted by Crippen LogP contribution is -2.39. The lowest BCUT2D eigenvalue weighted by Gasteiger charge is -2.20. The van der Waals surface area contributed by atoms with E-state index in [2.05, 4.69) is 5.32 Å². The van der Waals surface area contributed by atoms with E-state index >= 15 is 0 Å². The van der Waals surface area contributed by atoms with E-state index in [1.165, 1.54) is 6.92 Å². The van der Waals surface area contributed by atoms with Gasteiger partial charge >= 0.3 is 5.97 Å². The number of benzene rings is 1. The number of halogens is 4. The molecular weight excluding hydrogens is 396 g/mol. The summed E-state index contributed by atoms with van der Waals surface area (Å²) < 4.78 is 4.05. The van der Waals surface area contributed by atoms with Gasteiger partial charge in [-0.15, -0.1) is 23.2 Å². The van der Waals surface area contributed by atoms with E-state index in [1.54, 1.807) is 32.0 Å². The number of esters is 1. The molecule has 0 saturated heterocycles. The van der Waals surface area contributed by atoms with Gasteiger partial charge < -0.3 is 10.1 Å². The summed E-state index contributed by atoms with van der Waals surface area (Å²) in [6.07, 6.45) is -0.680. The molecule has 0 aromatic heterocycles. The minimum absolute atomic E-state index is 0.299. The zero-order valence-electron chi connectivity index (χ0n) is 13.3. The van der Waals surface area contributed by atoms with Gasteiger partial charge in [-0.05, 0) is 38.5 Å². The van der Waals surface area contributed by atoms with E-state index < -0.39 is 27.7 Å². The van der Waals surface area contributed by atoms with Crippen LogP contribution in [0.15, 0.2) is 18.2 Å². The van der Waals surface area contributed by atoms with Crippen molar-refractivity contribution in [2.75, 3.05) is 0 Å². The molecule has 1 aromatic rings. The van der Waals surface area contributed by atoms with Crippen LogP contribution < -0.4 is 5.32 Å². The smallest absolute Gasteiger partial charge is 0.315 e. The van der Waals surface area contributed by atoms with Gasteiger partial charge in [0.25, 0.3) is 5.91 Å². The molecule has 0 unspecified atom stereocenters. The minimum atomic E-state index is -1.13. The molecule has 132 valence electrons. The van der Waals surface area contributed by atoms with Crippen LogP contribution in [0.25, 0.3) is 0 Å². The number of rotatable bonds is 5. The van der Waals surface area contributed by atoms with Gasteiger partial charge in [0.15, 0.2) is 6.10 Å². The lowest BCUT2D eigenvalue weighted by molar-refractivity contribution is -0.159. The summed E-state index contributed by atoms with van der Waals surface area (Å²) in [4.78, 5) is 24.3. The molecule has 4 nitrogen and oxygen atoms in total. The molecule has 1 fully saturated rings. The Morgan fingerprint density at radius 1 is 1.25 bits per heavy atom. The van der Waals surface area contributed by atoms with Crippen molar-refractivity contribution in [1.82, 2.24) is 5.32 Å². The standard InChI is InChI=1S/C16H17Cl4NO3/c1-8(11-5-4-10(17)6-12(11)18)21-13(22)9(2)24-14(23)15(3)7-16(15,19)20/h4-6,8-9H,7H2,1-3H3,(H,21,22)/t8-,9-,15-/m0/s1. The summed E-state index contributed by atoms with van der Waals surface area (Å²) in [7, 11) is 0. The van der Waals surface area contributed by atoms with Gasteiger partial charge in [-0.3, -0.25) is 9.59 Å². The normalized spacial score (nSPS) is 24.0. The van der Waals surface area contributed by atoms with E-state index in [-0.39, 0.29) is 6.04 Å². The highest BCUT2D eigenvalue weighted by Gasteiger charge is 2.69. The van der Waals surface area contributed by atoms with Crippen LogP contribution in [0.1, 0.15) is 38.8 Å². The molecule has 1 N–H and O–H groups in total. The molecule has 0 heterocycles. The third-order valence-corrected chi connectivity index (χ3v) is 5.81. The van der Waals surface area contributed by atoms with Gasteiger partial charge in [0.2, 0.25) is 0 Å². The van der Waals surface area contributed by atoms with Crippen molar-refractivity contribution in [1.29, 1.82) is 0 Å². The highest BCUT2D eigenvalue weighted by Crippen LogP contribution is 2.64. The minimum Gasteiger partial charge on any atom is -0.452 e. The first-order valence-electron chi connectivity index (χ1n) is 7.32. The van der Waals surface area contributed by atoms with Crippen LogP contribution in [0.5, 0.6) is 0 Å². The Morgan fingerprint density at radius 3 is 2.33 bits per heavy atom. The SMILES string of the molecule is C[C@H](OC(=O)[C@]1(C)CC1(Cl)Cl)C(=O)N[C@@H](C)c1ccc(Cl)cc1Cl. The van der Waals surface area contributed by atoms with Gasteiger partial charge in [-0.2, -0.15) is 0 Å². The van der Waals surface area contributed by atoms with Gasteiger partial charge in [0, 0.05) is 16.5 Å². The number of alkyl halides is 2. The summed E-state index contributed by atoms with van der Waals surface area (Å²) in [6.45, 7) is 4.86. The van der Waals surface area contributed by atoms with Gasteiger partial charge in [0.05, 0.1) is 6.04 Å². The molecule has 0 spiro atoms. The first kappa shape index (κ1) is 19.6. The van der Waals surface area contributed by atoms with Crippen LogP contribution in [-0.4, -0.2) is 22.3 Å². The van der Waals surface area contributed by atoms with Crippen molar-refractivity contribution < 1.29 is 14.3 Å². The average molecular weight is 413 g/mol. The zero-order valence-corrected chi connectivity index (χ0v) is 16.4. The highest BCUT2D eigenvalue weighted by atomic mass is 35.5. The third-order valence-electron chi connectivity index (χ3n) is 4.15. The maximum atomic E-state index is 12.2. The van der Waals surface area contributed by atoms with Crippen molar-refractivity contribution >= 4 is 58.3 Å². The molecule has 1 aliphatic rings. The van der Waals surface area contributed by atoms with Gasteiger partial charge in [0.1, 0.15) is 9.75 Å².